The van der Waals surface area contributed by atoms with Gasteiger partial charge in [-0.1, -0.05) is 80.8 Å². The number of halogens is 1. The SMILES string of the molecule is C#Cc1ccc(C(C(=O)Nc2c(C)cccc2Cl)N(CCCCCCCC)C(=O)C(CC(N)=O)NC(=O)OC(C)(C)C)cc1. The molecule has 0 fully saturated rings. The van der Waals surface area contributed by atoms with Crippen molar-refractivity contribution in [1.82, 2.24) is 10.2 Å². The fraction of sp³-hybridized carbons (Fsp3) is 0.471. The number of benzene rings is 2. The normalized spacial score (nSPS) is 12.4. The van der Waals surface area contributed by atoms with Gasteiger partial charge in [0.2, 0.25) is 11.8 Å². The monoisotopic (exact) mass is 624 g/mol. The number of carbonyl (C=O) groups is 4. The molecular formula is C34H45ClN4O5. The van der Waals surface area contributed by atoms with Gasteiger partial charge in [-0.05, 0) is 63.4 Å². The maximum atomic E-state index is 14.3. The number of hydrogen-bond donors (Lipinski definition) is 3. The van der Waals surface area contributed by atoms with Crippen molar-refractivity contribution in [2.45, 2.75) is 97.2 Å². The Balaban J connectivity index is 2.58. The Morgan fingerprint density at radius 3 is 2.23 bits per heavy atom. The number of terminal acetylenes is 1. The second-order valence-electron chi connectivity index (χ2n) is 11.8. The van der Waals surface area contributed by atoms with Crippen LogP contribution < -0.4 is 16.4 Å². The molecule has 0 aromatic heterocycles. The molecule has 0 aliphatic carbocycles. The Kier molecular flexibility index (Phi) is 14.2. The fourth-order valence-electron chi connectivity index (χ4n) is 4.70. The molecule has 0 spiro atoms. The van der Waals surface area contributed by atoms with Crippen LogP contribution in [0.25, 0.3) is 0 Å². The van der Waals surface area contributed by atoms with Crippen molar-refractivity contribution in [3.8, 4) is 12.3 Å². The minimum Gasteiger partial charge on any atom is -0.444 e. The molecule has 2 aromatic rings. The Labute approximate surface area is 266 Å². The summed E-state index contributed by atoms with van der Waals surface area (Å²) in [4.78, 5) is 54.6. The highest BCUT2D eigenvalue weighted by Gasteiger charge is 2.37. The maximum absolute atomic E-state index is 14.3. The number of anilines is 1. The van der Waals surface area contributed by atoms with E-state index in [1.165, 1.54) is 4.90 Å². The van der Waals surface area contributed by atoms with E-state index in [2.05, 4.69) is 23.5 Å². The molecule has 2 unspecified atom stereocenters. The summed E-state index contributed by atoms with van der Waals surface area (Å²) in [6.07, 6.45) is 9.81. The number of nitrogens with zero attached hydrogens (tertiary/aromatic N) is 1. The molecule has 2 rings (SSSR count). The van der Waals surface area contributed by atoms with Gasteiger partial charge in [0.15, 0.2) is 0 Å². The predicted octanol–water partition coefficient (Wildman–Crippen LogP) is 6.27. The molecule has 2 aromatic carbocycles. The minimum atomic E-state index is -1.37. The predicted molar refractivity (Wildman–Crippen MR) is 174 cm³/mol. The van der Waals surface area contributed by atoms with Crippen LogP contribution in [0, 0.1) is 19.3 Å². The van der Waals surface area contributed by atoms with Crippen LogP contribution in [0.3, 0.4) is 0 Å². The first-order valence-electron chi connectivity index (χ1n) is 15.0. The number of alkyl carbamates (subject to hydrolysis) is 1. The first-order chi connectivity index (χ1) is 20.8. The lowest BCUT2D eigenvalue weighted by Crippen LogP contribution is -2.53. The number of carbonyl (C=O) groups excluding carboxylic acids is 4. The molecule has 0 heterocycles. The van der Waals surface area contributed by atoms with Crippen molar-refractivity contribution in [2.75, 3.05) is 11.9 Å². The summed E-state index contributed by atoms with van der Waals surface area (Å²) >= 11 is 6.44. The number of unbranched alkanes of at least 4 members (excludes halogenated alkanes) is 5. The van der Waals surface area contributed by atoms with Crippen LogP contribution in [-0.4, -0.2) is 46.9 Å². The van der Waals surface area contributed by atoms with Crippen LogP contribution in [0.4, 0.5) is 10.5 Å². The Morgan fingerprint density at radius 2 is 1.66 bits per heavy atom. The molecule has 238 valence electrons. The third kappa shape index (κ3) is 11.6. The average Bonchev–Trinajstić information content (AvgIpc) is 2.94. The van der Waals surface area contributed by atoms with E-state index in [-0.39, 0.29) is 6.54 Å². The lowest BCUT2D eigenvalue weighted by atomic mass is 9.99. The highest BCUT2D eigenvalue weighted by Crippen LogP contribution is 2.30. The molecule has 4 N–H and O–H groups in total. The van der Waals surface area contributed by atoms with Crippen LogP contribution in [0.1, 0.15) is 95.4 Å². The van der Waals surface area contributed by atoms with Gasteiger partial charge in [-0.2, -0.15) is 0 Å². The number of aryl methyl sites for hydroxylation is 1. The molecule has 2 atom stereocenters. The molecule has 44 heavy (non-hydrogen) atoms. The zero-order valence-electron chi connectivity index (χ0n) is 26.4. The van der Waals surface area contributed by atoms with Gasteiger partial charge < -0.3 is 26.0 Å². The van der Waals surface area contributed by atoms with Crippen molar-refractivity contribution in [3.05, 3.63) is 64.2 Å². The number of primary amides is 1. The van der Waals surface area contributed by atoms with E-state index in [9.17, 15) is 19.2 Å². The third-order valence-corrected chi connectivity index (χ3v) is 7.17. The van der Waals surface area contributed by atoms with E-state index in [4.69, 9.17) is 28.5 Å². The molecule has 0 radical (unpaired) electrons. The molecule has 0 bridgehead atoms. The average molecular weight is 625 g/mol. The van der Waals surface area contributed by atoms with Gasteiger partial charge in [-0.15, -0.1) is 6.42 Å². The van der Waals surface area contributed by atoms with Crippen LogP contribution in [0.5, 0.6) is 0 Å². The van der Waals surface area contributed by atoms with Crippen LogP contribution in [0.2, 0.25) is 5.02 Å². The van der Waals surface area contributed by atoms with E-state index in [1.807, 2.05) is 13.0 Å². The van der Waals surface area contributed by atoms with Gasteiger partial charge in [-0.3, -0.25) is 14.4 Å². The van der Waals surface area contributed by atoms with Gasteiger partial charge in [0.25, 0.3) is 5.91 Å². The molecule has 0 saturated carbocycles. The van der Waals surface area contributed by atoms with E-state index >= 15 is 0 Å². The van der Waals surface area contributed by atoms with Crippen molar-refractivity contribution >= 4 is 41.1 Å². The summed E-state index contributed by atoms with van der Waals surface area (Å²) in [7, 11) is 0. The van der Waals surface area contributed by atoms with Crippen LogP contribution in [0.15, 0.2) is 42.5 Å². The maximum Gasteiger partial charge on any atom is 0.408 e. The summed E-state index contributed by atoms with van der Waals surface area (Å²) in [6, 6.07) is 9.46. The van der Waals surface area contributed by atoms with E-state index < -0.39 is 47.9 Å². The van der Waals surface area contributed by atoms with E-state index in [0.717, 1.165) is 37.7 Å². The highest BCUT2D eigenvalue weighted by molar-refractivity contribution is 6.34. The quantitative estimate of drug-likeness (QED) is 0.159. The van der Waals surface area contributed by atoms with Gasteiger partial charge in [0.05, 0.1) is 17.1 Å². The zero-order valence-corrected chi connectivity index (χ0v) is 27.1. The number of hydrogen-bond acceptors (Lipinski definition) is 5. The number of nitrogens with two attached hydrogens (primary N) is 1. The Hall–Kier alpha value is -4.03. The van der Waals surface area contributed by atoms with Crippen LogP contribution in [-0.2, 0) is 19.1 Å². The molecule has 0 saturated heterocycles. The van der Waals surface area contributed by atoms with Crippen molar-refractivity contribution in [1.29, 1.82) is 0 Å². The molecule has 10 heteroatoms. The van der Waals surface area contributed by atoms with Crippen molar-refractivity contribution < 1.29 is 23.9 Å². The largest absolute Gasteiger partial charge is 0.444 e. The first-order valence-corrected chi connectivity index (χ1v) is 15.4. The number of rotatable bonds is 15. The van der Waals surface area contributed by atoms with Gasteiger partial charge >= 0.3 is 6.09 Å². The summed E-state index contributed by atoms with van der Waals surface area (Å²) < 4.78 is 5.35. The number of nitrogens with one attached hydrogen (secondary N) is 2. The van der Waals surface area contributed by atoms with E-state index in [0.29, 0.717) is 28.3 Å². The molecule has 0 aliphatic heterocycles. The second kappa shape index (κ2) is 17.3. The minimum absolute atomic E-state index is 0.173. The van der Waals surface area contributed by atoms with Crippen molar-refractivity contribution in [2.24, 2.45) is 5.73 Å². The first kappa shape index (κ1) is 36.2. The fourth-order valence-corrected chi connectivity index (χ4v) is 4.97. The van der Waals surface area contributed by atoms with Gasteiger partial charge in [-0.25, -0.2) is 4.79 Å². The number of amides is 4. The smallest absolute Gasteiger partial charge is 0.408 e. The number of ether oxygens (including phenoxy) is 1. The zero-order chi connectivity index (χ0) is 32.9. The topological polar surface area (TPSA) is 131 Å². The summed E-state index contributed by atoms with van der Waals surface area (Å²) in [5.74, 6) is 0.579. The Bertz CT molecular complexity index is 1310. The molecule has 4 amide bonds. The van der Waals surface area contributed by atoms with E-state index in [1.54, 1.807) is 57.2 Å². The molecule has 9 nitrogen and oxygen atoms in total. The summed E-state index contributed by atoms with van der Waals surface area (Å²) in [5.41, 5.74) is 6.89. The van der Waals surface area contributed by atoms with Gasteiger partial charge in [0, 0.05) is 12.1 Å². The number of para-hydroxylation sites is 1. The second-order valence-corrected chi connectivity index (χ2v) is 12.2. The molecule has 0 aliphatic rings. The van der Waals surface area contributed by atoms with Crippen molar-refractivity contribution in [3.63, 3.8) is 0 Å². The van der Waals surface area contributed by atoms with Crippen LogP contribution >= 0.6 is 11.6 Å². The Morgan fingerprint density at radius 1 is 1.02 bits per heavy atom. The summed E-state index contributed by atoms with van der Waals surface area (Å²) in [6.45, 7) is 9.15. The highest BCUT2D eigenvalue weighted by atomic mass is 35.5. The van der Waals surface area contributed by atoms with Gasteiger partial charge in [0.1, 0.15) is 17.7 Å². The summed E-state index contributed by atoms with van der Waals surface area (Å²) in [5, 5.41) is 5.74. The molecular weight excluding hydrogens is 580 g/mol. The lowest BCUT2D eigenvalue weighted by Gasteiger charge is -2.34. The third-order valence-electron chi connectivity index (χ3n) is 6.85. The standard InChI is InChI=1S/C34H45ClN4O5/c1-7-9-10-11-12-13-21-39(32(42)27(22-28(36)40)37-33(43)44-34(4,5)6)30(25-19-17-24(8-2)18-20-25)31(41)38-29-23(3)15-14-16-26(29)35/h2,14-20,27,30H,7,9-13,21-22H2,1,3-6H3,(H2,36,40)(H,37,43)(H,38,41). The lowest BCUT2D eigenvalue weighted by molar-refractivity contribution is -0.142.